The second-order valence-electron chi connectivity index (χ2n) is 5.88. The van der Waals surface area contributed by atoms with Crippen molar-refractivity contribution in [2.75, 3.05) is 11.4 Å². The zero-order valence-corrected chi connectivity index (χ0v) is 12.7. The summed E-state index contributed by atoms with van der Waals surface area (Å²) in [6.07, 6.45) is 10.4. The zero-order chi connectivity index (χ0) is 13.2. The van der Waals surface area contributed by atoms with E-state index in [0.29, 0.717) is 6.04 Å². The normalized spacial score (nSPS) is 24.2. The molecule has 1 fully saturated rings. The standard InChI is InChI=1S/C15H25N3S/c1-2-18(11-7-4-3-5-8-11)15-17-14-12(16)9-6-10-13(14)19-15/h11-12H,2-10,16H2,1H3. The molecule has 0 radical (unpaired) electrons. The maximum atomic E-state index is 6.21. The lowest BCUT2D eigenvalue weighted by atomic mass is 9.94. The highest BCUT2D eigenvalue weighted by Crippen LogP contribution is 2.37. The van der Waals surface area contributed by atoms with Crippen molar-refractivity contribution in [1.82, 2.24) is 4.98 Å². The topological polar surface area (TPSA) is 42.2 Å². The number of hydrogen-bond acceptors (Lipinski definition) is 4. The number of aryl methyl sites for hydroxylation is 1. The molecule has 106 valence electrons. The summed E-state index contributed by atoms with van der Waals surface area (Å²) in [5.41, 5.74) is 7.40. The lowest BCUT2D eigenvalue weighted by Gasteiger charge is -2.33. The van der Waals surface area contributed by atoms with Crippen LogP contribution in [0.3, 0.4) is 0 Å². The smallest absolute Gasteiger partial charge is 0.186 e. The van der Waals surface area contributed by atoms with Crippen LogP contribution in [0, 0.1) is 0 Å². The molecule has 2 aliphatic carbocycles. The van der Waals surface area contributed by atoms with E-state index in [1.54, 1.807) is 0 Å². The van der Waals surface area contributed by atoms with Gasteiger partial charge in [0.2, 0.25) is 0 Å². The monoisotopic (exact) mass is 279 g/mol. The van der Waals surface area contributed by atoms with Crippen LogP contribution in [0.4, 0.5) is 5.13 Å². The molecule has 4 heteroatoms. The predicted molar refractivity (Wildman–Crippen MR) is 81.9 cm³/mol. The summed E-state index contributed by atoms with van der Waals surface area (Å²) in [6.45, 7) is 3.33. The Morgan fingerprint density at radius 3 is 2.68 bits per heavy atom. The zero-order valence-electron chi connectivity index (χ0n) is 11.9. The van der Waals surface area contributed by atoms with Gasteiger partial charge in [0.25, 0.3) is 0 Å². The molecule has 3 rings (SSSR count). The van der Waals surface area contributed by atoms with Crippen LogP contribution in [0.2, 0.25) is 0 Å². The summed E-state index contributed by atoms with van der Waals surface area (Å²) < 4.78 is 0. The fraction of sp³-hybridized carbons (Fsp3) is 0.800. The molecule has 1 heterocycles. The third kappa shape index (κ3) is 2.65. The molecule has 1 saturated carbocycles. The Hall–Kier alpha value is -0.610. The van der Waals surface area contributed by atoms with E-state index in [0.717, 1.165) is 13.0 Å². The van der Waals surface area contributed by atoms with Gasteiger partial charge in [-0.05, 0) is 39.0 Å². The second kappa shape index (κ2) is 5.80. The van der Waals surface area contributed by atoms with Gasteiger partial charge < -0.3 is 10.6 Å². The fourth-order valence-electron chi connectivity index (χ4n) is 3.50. The van der Waals surface area contributed by atoms with Crippen LogP contribution in [0.15, 0.2) is 0 Å². The second-order valence-corrected chi connectivity index (χ2v) is 6.94. The Bertz CT molecular complexity index is 423. The Labute approximate surface area is 120 Å². The van der Waals surface area contributed by atoms with Crippen molar-refractivity contribution in [2.45, 2.75) is 70.4 Å². The third-order valence-corrected chi connectivity index (χ3v) is 5.76. The summed E-state index contributed by atoms with van der Waals surface area (Å²) in [5.74, 6) is 0. The van der Waals surface area contributed by atoms with E-state index >= 15 is 0 Å². The van der Waals surface area contributed by atoms with Crippen molar-refractivity contribution in [1.29, 1.82) is 0 Å². The van der Waals surface area contributed by atoms with E-state index in [-0.39, 0.29) is 6.04 Å². The van der Waals surface area contributed by atoms with Crippen molar-refractivity contribution in [3.05, 3.63) is 10.6 Å². The molecule has 1 aromatic rings. The maximum Gasteiger partial charge on any atom is 0.186 e. The first-order valence-electron chi connectivity index (χ1n) is 7.81. The van der Waals surface area contributed by atoms with Crippen molar-refractivity contribution in [3.63, 3.8) is 0 Å². The van der Waals surface area contributed by atoms with E-state index in [1.165, 1.54) is 60.6 Å². The van der Waals surface area contributed by atoms with Gasteiger partial charge in [0.1, 0.15) is 0 Å². The van der Waals surface area contributed by atoms with Crippen LogP contribution in [0.5, 0.6) is 0 Å². The third-order valence-electron chi connectivity index (χ3n) is 4.59. The van der Waals surface area contributed by atoms with E-state index < -0.39 is 0 Å². The van der Waals surface area contributed by atoms with Crippen molar-refractivity contribution in [2.24, 2.45) is 5.73 Å². The van der Waals surface area contributed by atoms with Gasteiger partial charge in [0.05, 0.1) is 5.69 Å². The molecule has 3 nitrogen and oxygen atoms in total. The first-order valence-corrected chi connectivity index (χ1v) is 8.63. The lowest BCUT2D eigenvalue weighted by Crippen LogP contribution is -2.36. The maximum absolute atomic E-state index is 6.21. The summed E-state index contributed by atoms with van der Waals surface area (Å²) in [7, 11) is 0. The van der Waals surface area contributed by atoms with Crippen LogP contribution in [0.25, 0.3) is 0 Å². The van der Waals surface area contributed by atoms with E-state index in [4.69, 9.17) is 10.7 Å². The molecule has 0 aliphatic heterocycles. The largest absolute Gasteiger partial charge is 0.345 e. The lowest BCUT2D eigenvalue weighted by molar-refractivity contribution is 0.417. The summed E-state index contributed by atoms with van der Waals surface area (Å²) in [5, 5.41) is 1.23. The van der Waals surface area contributed by atoms with Gasteiger partial charge in [-0.15, -0.1) is 11.3 Å². The highest BCUT2D eigenvalue weighted by atomic mass is 32.1. The molecule has 0 spiro atoms. The average molecular weight is 279 g/mol. The van der Waals surface area contributed by atoms with Crippen molar-refractivity contribution < 1.29 is 0 Å². The minimum Gasteiger partial charge on any atom is -0.345 e. The molecule has 0 bridgehead atoms. The van der Waals surface area contributed by atoms with Crippen LogP contribution in [-0.2, 0) is 6.42 Å². The number of fused-ring (bicyclic) bond motifs is 1. The fourth-order valence-corrected chi connectivity index (χ4v) is 4.81. The number of rotatable bonds is 3. The highest BCUT2D eigenvalue weighted by molar-refractivity contribution is 7.15. The number of thiazole rings is 1. The molecule has 0 amide bonds. The van der Waals surface area contributed by atoms with Crippen LogP contribution in [0.1, 0.15) is 68.5 Å². The van der Waals surface area contributed by atoms with Crippen LogP contribution < -0.4 is 10.6 Å². The van der Waals surface area contributed by atoms with Crippen LogP contribution in [-0.4, -0.2) is 17.6 Å². The SMILES string of the molecule is CCN(c1nc2c(s1)CCCC2N)C1CCCCC1. The Balaban J connectivity index is 1.83. The minimum absolute atomic E-state index is 0.179. The summed E-state index contributed by atoms with van der Waals surface area (Å²) >= 11 is 1.90. The van der Waals surface area contributed by atoms with E-state index in [2.05, 4.69) is 11.8 Å². The highest BCUT2D eigenvalue weighted by Gasteiger charge is 2.27. The van der Waals surface area contributed by atoms with Gasteiger partial charge in [0.15, 0.2) is 5.13 Å². The molecule has 2 aliphatic rings. The van der Waals surface area contributed by atoms with Crippen LogP contribution >= 0.6 is 11.3 Å². The van der Waals surface area contributed by atoms with Crippen molar-refractivity contribution in [3.8, 4) is 0 Å². The number of anilines is 1. The molecule has 2 N–H and O–H groups in total. The minimum atomic E-state index is 0.179. The Morgan fingerprint density at radius 1 is 1.21 bits per heavy atom. The van der Waals surface area contributed by atoms with E-state index in [9.17, 15) is 0 Å². The van der Waals surface area contributed by atoms with Gasteiger partial charge in [-0.3, -0.25) is 0 Å². The quantitative estimate of drug-likeness (QED) is 0.918. The number of hydrogen-bond donors (Lipinski definition) is 1. The van der Waals surface area contributed by atoms with Gasteiger partial charge in [-0.25, -0.2) is 4.98 Å². The molecule has 1 unspecified atom stereocenters. The summed E-state index contributed by atoms with van der Waals surface area (Å²) in [4.78, 5) is 8.88. The average Bonchev–Trinajstić information content (AvgIpc) is 2.86. The summed E-state index contributed by atoms with van der Waals surface area (Å²) in [6, 6.07) is 0.890. The molecule has 1 atom stereocenters. The molecule has 1 aromatic heterocycles. The number of aromatic nitrogens is 1. The number of nitrogens with zero attached hydrogens (tertiary/aromatic N) is 2. The molecule has 0 saturated heterocycles. The number of nitrogens with two attached hydrogens (primary N) is 1. The van der Waals surface area contributed by atoms with E-state index in [1.807, 2.05) is 11.3 Å². The van der Waals surface area contributed by atoms with Gasteiger partial charge in [0, 0.05) is 23.5 Å². The Kier molecular flexibility index (Phi) is 4.08. The molecule has 19 heavy (non-hydrogen) atoms. The van der Waals surface area contributed by atoms with Gasteiger partial charge >= 0.3 is 0 Å². The first-order chi connectivity index (χ1) is 9.29. The molecule has 0 aromatic carbocycles. The van der Waals surface area contributed by atoms with Gasteiger partial charge in [-0.2, -0.15) is 0 Å². The van der Waals surface area contributed by atoms with Crippen molar-refractivity contribution >= 4 is 16.5 Å². The molecular weight excluding hydrogens is 254 g/mol. The predicted octanol–water partition coefficient (Wildman–Crippen LogP) is 3.64. The Morgan fingerprint density at radius 2 is 2.00 bits per heavy atom. The first kappa shape index (κ1) is 13.4. The van der Waals surface area contributed by atoms with Gasteiger partial charge in [-0.1, -0.05) is 19.3 Å². The molecular formula is C15H25N3S.